The van der Waals surface area contributed by atoms with Gasteiger partial charge >= 0.3 is 0 Å². The second-order valence-corrected chi connectivity index (χ2v) is 10.3. The number of hydrogen-bond acceptors (Lipinski definition) is 3. The van der Waals surface area contributed by atoms with Gasteiger partial charge in [0, 0.05) is 31.3 Å². The molecule has 3 aromatic rings. The average Bonchev–Trinajstić information content (AvgIpc) is 3.63. The van der Waals surface area contributed by atoms with Gasteiger partial charge in [0.15, 0.2) is 0 Å². The Balaban J connectivity index is 0.00000113. The zero-order valence-electron chi connectivity index (χ0n) is 24.8. The summed E-state index contributed by atoms with van der Waals surface area (Å²) in [7, 11) is 0. The molecule has 40 heavy (non-hydrogen) atoms. The maximum atomic E-state index is 14.6. The van der Waals surface area contributed by atoms with Crippen LogP contribution < -0.4 is 5.32 Å². The Hall–Kier alpha value is -3.46. The largest absolute Gasteiger partial charge is 0.349 e. The number of rotatable bonds is 5. The van der Waals surface area contributed by atoms with Crippen LogP contribution in [0.15, 0.2) is 43.0 Å². The number of pyridine rings is 1. The summed E-state index contributed by atoms with van der Waals surface area (Å²) >= 11 is 0. The standard InChI is InChI=1S/C30H33FN4O.2C2H6.H2/c1-3-21-7-4-5-9-22(10-6-8-21)23-14-26(18-32-16-23)35-19-24(17-33-35)27-15-28(29(31)13-20(27)2)30(36)34-25-11-12-25;2*1-2;/h1,13-19,21-22,25H,4-12H2,2H3,(H,34,36);2*1-2H3;1H. The molecular formula is C34H47FN4O. The van der Waals surface area contributed by atoms with Crippen LogP contribution in [0.4, 0.5) is 4.39 Å². The van der Waals surface area contributed by atoms with E-state index in [0.29, 0.717) is 11.8 Å². The van der Waals surface area contributed by atoms with Gasteiger partial charge in [0.05, 0.1) is 23.6 Å². The van der Waals surface area contributed by atoms with Crippen molar-refractivity contribution in [2.45, 2.75) is 104 Å². The number of nitrogens with zero attached hydrogens (tertiary/aromatic N) is 3. The number of amides is 1. The van der Waals surface area contributed by atoms with E-state index in [4.69, 9.17) is 6.42 Å². The summed E-state index contributed by atoms with van der Waals surface area (Å²) in [5.41, 5.74) is 4.60. The molecule has 2 heterocycles. The highest BCUT2D eigenvalue weighted by molar-refractivity contribution is 5.96. The zero-order valence-corrected chi connectivity index (χ0v) is 24.8. The first-order valence-electron chi connectivity index (χ1n) is 15.1. The topological polar surface area (TPSA) is 59.8 Å². The van der Waals surface area contributed by atoms with E-state index in [2.05, 4.69) is 27.4 Å². The van der Waals surface area contributed by atoms with Gasteiger partial charge < -0.3 is 5.32 Å². The van der Waals surface area contributed by atoms with Crippen molar-refractivity contribution in [1.82, 2.24) is 20.1 Å². The summed E-state index contributed by atoms with van der Waals surface area (Å²) in [6, 6.07) is 5.42. The van der Waals surface area contributed by atoms with Gasteiger partial charge in [-0.2, -0.15) is 5.10 Å². The van der Waals surface area contributed by atoms with Crippen LogP contribution in [0.25, 0.3) is 16.8 Å². The summed E-state index contributed by atoms with van der Waals surface area (Å²) in [4.78, 5) is 17.1. The van der Waals surface area contributed by atoms with E-state index in [9.17, 15) is 9.18 Å². The molecule has 1 amide bonds. The van der Waals surface area contributed by atoms with Crippen LogP contribution in [0, 0.1) is 31.0 Å². The lowest BCUT2D eigenvalue weighted by molar-refractivity contribution is 0.0947. The molecule has 1 N–H and O–H groups in total. The van der Waals surface area contributed by atoms with E-state index in [1.54, 1.807) is 12.3 Å². The predicted octanol–water partition coefficient (Wildman–Crippen LogP) is 8.65. The van der Waals surface area contributed by atoms with Gasteiger partial charge in [-0.3, -0.25) is 9.78 Å². The van der Waals surface area contributed by atoms with Crippen molar-refractivity contribution in [3.05, 3.63) is 65.5 Å². The number of aromatic nitrogens is 3. The van der Waals surface area contributed by atoms with Crippen LogP contribution >= 0.6 is 0 Å². The lowest BCUT2D eigenvalue weighted by Crippen LogP contribution is -2.26. The van der Waals surface area contributed by atoms with E-state index in [1.807, 2.05) is 57.9 Å². The molecule has 0 spiro atoms. The van der Waals surface area contributed by atoms with Crippen molar-refractivity contribution >= 4 is 5.91 Å². The quantitative estimate of drug-likeness (QED) is 0.326. The smallest absolute Gasteiger partial charge is 0.254 e. The highest BCUT2D eigenvalue weighted by Crippen LogP contribution is 2.33. The van der Waals surface area contributed by atoms with Crippen LogP contribution in [0.2, 0.25) is 0 Å². The molecule has 0 bridgehead atoms. The molecule has 2 aliphatic rings. The number of aryl methyl sites for hydroxylation is 1. The number of carbonyl (C=O) groups excluding carboxylic acids is 1. The van der Waals surface area contributed by atoms with Gasteiger partial charge in [0.2, 0.25) is 0 Å². The van der Waals surface area contributed by atoms with Crippen molar-refractivity contribution in [3.63, 3.8) is 0 Å². The summed E-state index contributed by atoms with van der Waals surface area (Å²) in [5, 5.41) is 7.45. The molecule has 2 fully saturated rings. The molecule has 216 valence electrons. The minimum absolute atomic E-state index is 0. The second-order valence-electron chi connectivity index (χ2n) is 10.3. The van der Waals surface area contributed by atoms with Gasteiger partial charge in [-0.1, -0.05) is 47.0 Å². The fourth-order valence-corrected chi connectivity index (χ4v) is 5.23. The molecule has 2 unspecified atom stereocenters. The van der Waals surface area contributed by atoms with Crippen molar-refractivity contribution in [2.75, 3.05) is 0 Å². The lowest BCUT2D eigenvalue weighted by atomic mass is 9.90. The summed E-state index contributed by atoms with van der Waals surface area (Å²) in [6.07, 6.45) is 23.1. The number of terminal acetylenes is 1. The minimum atomic E-state index is -0.498. The Morgan fingerprint density at radius 2 is 1.70 bits per heavy atom. The molecule has 0 radical (unpaired) electrons. The Labute approximate surface area is 241 Å². The first kappa shape index (κ1) is 31.1. The fraction of sp³-hybridized carbons (Fsp3) is 0.500. The van der Waals surface area contributed by atoms with Crippen LogP contribution in [0.3, 0.4) is 0 Å². The number of carbonyl (C=O) groups is 1. The number of hydrogen-bond donors (Lipinski definition) is 1. The van der Waals surface area contributed by atoms with Crippen LogP contribution in [0.5, 0.6) is 0 Å². The maximum absolute atomic E-state index is 14.6. The normalized spacial score (nSPS) is 18.8. The van der Waals surface area contributed by atoms with Crippen molar-refractivity contribution < 1.29 is 10.6 Å². The maximum Gasteiger partial charge on any atom is 0.254 e. The van der Waals surface area contributed by atoms with Crippen molar-refractivity contribution in [3.8, 4) is 29.2 Å². The van der Waals surface area contributed by atoms with E-state index in [1.165, 1.54) is 24.5 Å². The number of benzene rings is 1. The Bertz CT molecular complexity index is 1290. The minimum Gasteiger partial charge on any atom is -0.349 e. The Kier molecular flexibility index (Phi) is 11.9. The van der Waals surface area contributed by atoms with Gasteiger partial charge in [-0.25, -0.2) is 9.07 Å². The third-order valence-corrected chi connectivity index (χ3v) is 7.54. The van der Waals surface area contributed by atoms with Crippen LogP contribution in [-0.2, 0) is 0 Å². The van der Waals surface area contributed by atoms with Crippen LogP contribution in [-0.4, -0.2) is 26.7 Å². The third kappa shape index (κ3) is 8.03. The monoisotopic (exact) mass is 546 g/mol. The first-order valence-corrected chi connectivity index (χ1v) is 15.1. The van der Waals surface area contributed by atoms with Gasteiger partial charge in [0.1, 0.15) is 5.82 Å². The molecule has 1 aromatic carbocycles. The first-order chi connectivity index (χ1) is 19.5. The molecular weight excluding hydrogens is 499 g/mol. The Morgan fingerprint density at radius 3 is 2.42 bits per heavy atom. The van der Waals surface area contributed by atoms with E-state index < -0.39 is 5.82 Å². The molecule has 2 aromatic heterocycles. The molecule has 2 saturated carbocycles. The van der Waals surface area contributed by atoms with Crippen molar-refractivity contribution in [2.24, 2.45) is 5.92 Å². The van der Waals surface area contributed by atoms with Crippen LogP contribution in [0.1, 0.15) is 114 Å². The molecule has 5 nitrogen and oxygen atoms in total. The molecule has 2 aliphatic carbocycles. The fourth-order valence-electron chi connectivity index (χ4n) is 5.23. The highest BCUT2D eigenvalue weighted by atomic mass is 19.1. The SMILES string of the molecule is C#CC1CCCCC(c2cncc(-n3cc(-c4cc(C(=O)NC5CC5)c(F)cc4C)cn3)c2)CCC1.CC.CC.[HH]. The molecule has 6 heteroatoms. The van der Waals surface area contributed by atoms with E-state index >= 15 is 0 Å². The van der Waals surface area contributed by atoms with E-state index in [-0.39, 0.29) is 18.9 Å². The summed E-state index contributed by atoms with van der Waals surface area (Å²) < 4.78 is 16.4. The summed E-state index contributed by atoms with van der Waals surface area (Å²) in [6.45, 7) is 9.85. The predicted molar refractivity (Wildman–Crippen MR) is 164 cm³/mol. The average molecular weight is 547 g/mol. The molecule has 0 saturated heterocycles. The van der Waals surface area contributed by atoms with Gasteiger partial charge in [0.25, 0.3) is 5.91 Å². The zero-order chi connectivity index (χ0) is 29.1. The molecule has 5 rings (SSSR count). The van der Waals surface area contributed by atoms with E-state index in [0.717, 1.165) is 67.3 Å². The third-order valence-electron chi connectivity index (χ3n) is 7.54. The number of nitrogens with one attached hydrogen (secondary N) is 1. The summed E-state index contributed by atoms with van der Waals surface area (Å²) in [5.74, 6) is 2.98. The highest BCUT2D eigenvalue weighted by Gasteiger charge is 2.26. The van der Waals surface area contributed by atoms with Gasteiger partial charge in [-0.15, -0.1) is 12.3 Å². The van der Waals surface area contributed by atoms with Gasteiger partial charge in [-0.05, 0) is 86.3 Å². The number of halogens is 1. The van der Waals surface area contributed by atoms with Crippen molar-refractivity contribution in [1.29, 1.82) is 0 Å². The Morgan fingerprint density at radius 1 is 1.00 bits per heavy atom. The lowest BCUT2D eigenvalue weighted by Gasteiger charge is -2.17. The second kappa shape index (κ2) is 15.4. The molecule has 0 aliphatic heterocycles. The molecule has 2 atom stereocenters.